The molecule has 124 valence electrons. The van der Waals surface area contributed by atoms with Crippen LogP contribution in [-0.4, -0.2) is 50.3 Å². The summed E-state index contributed by atoms with van der Waals surface area (Å²) >= 11 is 0. The molecular weight excluding hydrogens is 259 g/mol. The summed E-state index contributed by atoms with van der Waals surface area (Å²) in [6.07, 6.45) is 0. The summed E-state index contributed by atoms with van der Waals surface area (Å²) in [5, 5.41) is -0.322. The molecule has 0 saturated heterocycles. The van der Waals surface area contributed by atoms with Crippen molar-refractivity contribution in [1.29, 1.82) is 0 Å². The van der Waals surface area contributed by atoms with Crippen LogP contribution in [0.4, 0.5) is 0 Å². The summed E-state index contributed by atoms with van der Waals surface area (Å²) in [7, 11) is 8.82. The van der Waals surface area contributed by atoms with Gasteiger partial charge >= 0.3 is 0 Å². The van der Waals surface area contributed by atoms with Gasteiger partial charge in [0.15, 0.2) is 0 Å². The molecule has 0 aromatic rings. The largest absolute Gasteiger partial charge is 0.326 e. The third-order valence-electron chi connectivity index (χ3n) is 7.51. The first-order valence-electron chi connectivity index (χ1n) is 7.96. The number of ketones is 1. The maximum atomic E-state index is 12.1. The Hall–Kier alpha value is -0.345. The molecule has 2 N–H and O–H groups in total. The Balaban J connectivity index is 5.94. The van der Waals surface area contributed by atoms with Crippen LogP contribution < -0.4 is 5.73 Å². The van der Waals surface area contributed by atoms with Gasteiger partial charge in [-0.15, -0.1) is 0 Å². The lowest BCUT2D eigenvalue weighted by Gasteiger charge is -2.58. The third-order valence-corrected chi connectivity index (χ3v) is 7.51. The van der Waals surface area contributed by atoms with Crippen molar-refractivity contribution in [3.63, 3.8) is 0 Å². The van der Waals surface area contributed by atoms with E-state index in [0.717, 1.165) is 4.48 Å². The van der Waals surface area contributed by atoms with Crippen molar-refractivity contribution in [2.24, 2.45) is 17.1 Å². The number of hydrogen-bond acceptors (Lipinski definition) is 2. The Morgan fingerprint density at radius 2 is 1.38 bits per heavy atom. The van der Waals surface area contributed by atoms with Gasteiger partial charge in [-0.3, -0.25) is 4.79 Å². The van der Waals surface area contributed by atoms with E-state index >= 15 is 0 Å². The van der Waals surface area contributed by atoms with Gasteiger partial charge in [0.25, 0.3) is 0 Å². The fourth-order valence-corrected chi connectivity index (χ4v) is 3.11. The summed E-state index contributed by atoms with van der Waals surface area (Å²) in [5.74, 6) is 0.429. The van der Waals surface area contributed by atoms with Crippen molar-refractivity contribution in [2.45, 2.75) is 71.8 Å². The van der Waals surface area contributed by atoms with Crippen molar-refractivity contribution >= 4 is 13.6 Å². The Labute approximate surface area is 133 Å². The SMILES string of the molecule is BC(C)(C(C)(N)C(C)=O)C(C)(C)C(C)C(C)(C)[N+](C)(C)C. The van der Waals surface area contributed by atoms with Crippen LogP contribution in [0.2, 0.25) is 5.31 Å². The fourth-order valence-electron chi connectivity index (χ4n) is 3.11. The molecule has 0 aliphatic heterocycles. The van der Waals surface area contributed by atoms with Crippen LogP contribution in [-0.2, 0) is 4.79 Å². The molecule has 0 aromatic carbocycles. The highest BCUT2D eigenvalue weighted by atomic mass is 16.1. The summed E-state index contributed by atoms with van der Waals surface area (Å²) < 4.78 is 0.870. The molecule has 3 nitrogen and oxygen atoms in total. The monoisotopic (exact) mass is 297 g/mol. The molecule has 0 spiro atoms. The van der Waals surface area contributed by atoms with Gasteiger partial charge in [-0.1, -0.05) is 27.7 Å². The first kappa shape index (κ1) is 20.7. The van der Waals surface area contributed by atoms with Crippen LogP contribution in [0, 0.1) is 11.3 Å². The normalized spacial score (nSPS) is 21.3. The lowest BCUT2D eigenvalue weighted by Crippen LogP contribution is -2.65. The van der Waals surface area contributed by atoms with Crippen LogP contribution in [0.1, 0.15) is 55.4 Å². The van der Waals surface area contributed by atoms with E-state index < -0.39 is 5.54 Å². The second kappa shape index (κ2) is 5.38. The second-order valence-electron chi connectivity index (χ2n) is 9.49. The van der Waals surface area contributed by atoms with Crippen LogP contribution in [0.5, 0.6) is 0 Å². The molecular formula is C17H38BN2O+. The quantitative estimate of drug-likeness (QED) is 0.603. The van der Waals surface area contributed by atoms with Crippen molar-refractivity contribution in [3.8, 4) is 0 Å². The van der Waals surface area contributed by atoms with Crippen LogP contribution >= 0.6 is 0 Å². The second-order valence-corrected chi connectivity index (χ2v) is 9.49. The van der Waals surface area contributed by atoms with Gasteiger partial charge in [-0.2, -0.15) is 0 Å². The zero-order chi connectivity index (χ0) is 17.7. The number of nitrogens with zero attached hydrogens (tertiary/aromatic N) is 1. The number of rotatable bonds is 6. The van der Waals surface area contributed by atoms with E-state index in [0.29, 0.717) is 5.92 Å². The number of nitrogens with two attached hydrogens (primary N) is 1. The maximum absolute atomic E-state index is 12.1. The number of Topliss-reactive ketones (excluding diaryl/α,β-unsaturated/α-hetero) is 1. The number of hydrogen-bond donors (Lipinski definition) is 1. The van der Waals surface area contributed by atoms with Crippen LogP contribution in [0.3, 0.4) is 0 Å². The number of carbonyl (C=O) groups is 1. The predicted molar refractivity (Wildman–Crippen MR) is 95.2 cm³/mol. The van der Waals surface area contributed by atoms with Gasteiger partial charge in [0.2, 0.25) is 0 Å². The molecule has 0 heterocycles. The van der Waals surface area contributed by atoms with E-state index in [1.165, 1.54) is 0 Å². The van der Waals surface area contributed by atoms with Crippen molar-refractivity contribution < 1.29 is 9.28 Å². The van der Waals surface area contributed by atoms with E-state index in [-0.39, 0.29) is 22.1 Å². The Bertz CT molecular complexity index is 404. The highest BCUT2D eigenvalue weighted by molar-refractivity contribution is 6.19. The molecule has 0 aliphatic rings. The van der Waals surface area contributed by atoms with Gasteiger partial charge in [0, 0.05) is 5.92 Å². The van der Waals surface area contributed by atoms with E-state index in [1.54, 1.807) is 6.92 Å². The molecule has 0 saturated carbocycles. The Morgan fingerprint density at radius 3 is 1.62 bits per heavy atom. The summed E-state index contributed by atoms with van der Waals surface area (Å²) in [5.41, 5.74) is 5.58. The minimum Gasteiger partial charge on any atom is -0.326 e. The molecule has 0 aliphatic carbocycles. The first-order chi connectivity index (χ1) is 8.85. The molecule has 0 amide bonds. The average Bonchev–Trinajstić information content (AvgIpc) is 2.25. The molecule has 0 bridgehead atoms. The van der Waals surface area contributed by atoms with Crippen molar-refractivity contribution in [1.82, 2.24) is 0 Å². The van der Waals surface area contributed by atoms with Gasteiger partial charge in [-0.25, -0.2) is 0 Å². The molecule has 0 fully saturated rings. The standard InChI is InChI=1S/C17H38BN2O/c1-12(15(5,6)20(9,10)11)14(3,4)17(8,18)16(7,19)13(2)21/h12H,18-19H2,1-11H3/q+1. The zero-order valence-electron chi connectivity index (χ0n) is 16.5. The van der Waals surface area contributed by atoms with Crippen molar-refractivity contribution in [2.75, 3.05) is 21.1 Å². The number of carbonyl (C=O) groups excluding carboxylic acids is 1. The maximum Gasteiger partial charge on any atom is 0.149 e. The van der Waals surface area contributed by atoms with Gasteiger partial charge < -0.3 is 10.2 Å². The smallest absolute Gasteiger partial charge is 0.149 e. The van der Waals surface area contributed by atoms with Crippen LogP contribution in [0.15, 0.2) is 0 Å². The Morgan fingerprint density at radius 1 is 1.05 bits per heavy atom. The zero-order valence-corrected chi connectivity index (χ0v) is 16.5. The summed E-state index contributed by atoms with van der Waals surface area (Å²) in [4.78, 5) is 12.1. The topological polar surface area (TPSA) is 43.1 Å². The predicted octanol–water partition coefficient (Wildman–Crippen LogP) is 2.25. The fraction of sp³-hybridized carbons (Fsp3) is 0.941. The van der Waals surface area contributed by atoms with Crippen LogP contribution in [0.25, 0.3) is 0 Å². The van der Waals surface area contributed by atoms with Gasteiger partial charge in [0.1, 0.15) is 13.6 Å². The van der Waals surface area contributed by atoms with Crippen molar-refractivity contribution in [3.05, 3.63) is 0 Å². The molecule has 0 radical (unpaired) electrons. The van der Waals surface area contributed by atoms with Gasteiger partial charge in [-0.05, 0) is 38.4 Å². The molecule has 0 rings (SSSR count). The lowest BCUT2D eigenvalue weighted by molar-refractivity contribution is -0.925. The third kappa shape index (κ3) is 3.07. The molecule has 3 atom stereocenters. The average molecular weight is 297 g/mol. The van der Waals surface area contributed by atoms with E-state index in [4.69, 9.17) is 5.73 Å². The minimum absolute atomic E-state index is 0.0517. The highest BCUT2D eigenvalue weighted by Crippen LogP contribution is 2.57. The van der Waals surface area contributed by atoms with E-state index in [1.807, 2.05) is 6.92 Å². The summed E-state index contributed by atoms with van der Waals surface area (Å²) in [6, 6.07) is 0. The molecule has 4 heteroatoms. The lowest BCUT2D eigenvalue weighted by atomic mass is 9.42. The van der Waals surface area contributed by atoms with E-state index in [2.05, 4.69) is 70.5 Å². The highest BCUT2D eigenvalue weighted by Gasteiger charge is 2.57. The molecule has 0 aromatic heterocycles. The molecule has 21 heavy (non-hydrogen) atoms. The molecule has 3 unspecified atom stereocenters. The summed E-state index contributed by atoms with van der Waals surface area (Å²) in [6.45, 7) is 17.0. The Kier molecular flexibility index (Phi) is 5.29. The first-order valence-corrected chi connectivity index (χ1v) is 7.96. The minimum atomic E-state index is -0.842. The van der Waals surface area contributed by atoms with E-state index in [9.17, 15) is 4.79 Å². The number of quaternary nitrogens is 1. The van der Waals surface area contributed by atoms with Gasteiger partial charge in [0.05, 0.1) is 32.2 Å².